The molecule has 0 unspecified atom stereocenters. The molecule has 0 saturated carbocycles. The lowest BCUT2D eigenvalue weighted by Crippen LogP contribution is -2.18. The molecule has 0 aliphatic rings. The fourth-order valence-corrected chi connectivity index (χ4v) is 3.49. The molecule has 2 aromatic carbocycles. The summed E-state index contributed by atoms with van der Waals surface area (Å²) in [5.74, 6) is 0.988. The number of aromatic nitrogens is 3. The van der Waals surface area contributed by atoms with Crippen LogP contribution in [0.3, 0.4) is 0 Å². The normalized spacial score (nSPS) is 10.7. The molecule has 0 saturated heterocycles. The van der Waals surface area contributed by atoms with Gasteiger partial charge in [0, 0.05) is 25.0 Å². The highest BCUT2D eigenvalue weighted by atomic mass is 19.1. The number of carbonyl (C=O) groups is 1. The van der Waals surface area contributed by atoms with Gasteiger partial charge >= 0.3 is 0 Å². The van der Waals surface area contributed by atoms with E-state index in [0.29, 0.717) is 23.8 Å². The number of halogens is 1. The van der Waals surface area contributed by atoms with E-state index >= 15 is 0 Å². The zero-order valence-corrected chi connectivity index (χ0v) is 17.2. The molecule has 2 heterocycles. The van der Waals surface area contributed by atoms with Gasteiger partial charge in [-0.15, -0.1) is 0 Å². The predicted octanol–water partition coefficient (Wildman–Crippen LogP) is 4.98. The summed E-state index contributed by atoms with van der Waals surface area (Å²) in [6.07, 6.45) is 4.12. The van der Waals surface area contributed by atoms with E-state index in [1.165, 1.54) is 17.0 Å². The summed E-state index contributed by atoms with van der Waals surface area (Å²) in [6.45, 7) is 2.48. The number of hydrogen-bond donors (Lipinski definition) is 0. The second-order valence-electron chi connectivity index (χ2n) is 6.82. The first-order chi connectivity index (χ1) is 15.1. The van der Waals surface area contributed by atoms with Crippen LogP contribution in [0.4, 0.5) is 15.9 Å². The van der Waals surface area contributed by atoms with Gasteiger partial charge in [-0.1, -0.05) is 0 Å². The van der Waals surface area contributed by atoms with Gasteiger partial charge in [-0.2, -0.15) is 5.10 Å². The van der Waals surface area contributed by atoms with Gasteiger partial charge < -0.3 is 4.74 Å². The zero-order valence-electron chi connectivity index (χ0n) is 17.2. The van der Waals surface area contributed by atoms with Gasteiger partial charge in [0.05, 0.1) is 17.9 Å². The van der Waals surface area contributed by atoms with Gasteiger partial charge in [0.15, 0.2) is 0 Å². The minimum absolute atomic E-state index is 0.325. The number of ether oxygens (including phenoxy) is 1. The van der Waals surface area contributed by atoms with Crippen LogP contribution in [0.15, 0.2) is 73.1 Å². The van der Waals surface area contributed by atoms with Crippen molar-refractivity contribution in [1.82, 2.24) is 14.8 Å². The molecule has 6 nitrogen and oxygen atoms in total. The second-order valence-corrected chi connectivity index (χ2v) is 6.82. The largest absolute Gasteiger partial charge is 0.494 e. The number of amides is 1. The summed E-state index contributed by atoms with van der Waals surface area (Å²) in [5, 5.41) is 4.68. The lowest BCUT2D eigenvalue weighted by atomic mass is 10.0. The Morgan fingerprint density at radius 3 is 2.29 bits per heavy atom. The van der Waals surface area contributed by atoms with E-state index in [0.717, 1.165) is 28.8 Å². The van der Waals surface area contributed by atoms with Crippen molar-refractivity contribution in [2.24, 2.45) is 7.05 Å². The third kappa shape index (κ3) is 4.02. The Morgan fingerprint density at radius 1 is 1.00 bits per heavy atom. The summed E-state index contributed by atoms with van der Waals surface area (Å²) in [5.41, 5.74) is 3.64. The van der Waals surface area contributed by atoms with E-state index in [1.807, 2.05) is 43.3 Å². The van der Waals surface area contributed by atoms with Crippen molar-refractivity contribution in [2.75, 3.05) is 11.5 Å². The van der Waals surface area contributed by atoms with Gasteiger partial charge in [0.2, 0.25) is 6.41 Å². The third-order valence-electron chi connectivity index (χ3n) is 4.86. The SMILES string of the molecule is CCOc1ccc(N(C=O)c2c(-c3ccncc3)c(-c3ccc(F)cc3)nn2C)cc1. The molecule has 4 rings (SSSR count). The van der Waals surface area contributed by atoms with Crippen LogP contribution in [0.5, 0.6) is 5.75 Å². The average Bonchev–Trinajstić information content (AvgIpc) is 3.14. The molecular weight excluding hydrogens is 395 g/mol. The first-order valence-corrected chi connectivity index (χ1v) is 9.83. The molecular formula is C24H21FN4O2. The standard InChI is InChI=1S/C24H21FN4O2/c1-3-31-21-10-8-20(9-11-21)29(16-30)24-22(17-12-14-26-15-13-17)23(27-28(24)2)18-4-6-19(25)7-5-18/h4-16H,3H2,1-2H3. The number of carbonyl (C=O) groups excluding carboxylic acids is 1. The molecule has 0 N–H and O–H groups in total. The van der Waals surface area contributed by atoms with E-state index in [-0.39, 0.29) is 5.82 Å². The van der Waals surface area contributed by atoms with Crippen LogP contribution in [0.2, 0.25) is 0 Å². The summed E-state index contributed by atoms with van der Waals surface area (Å²) >= 11 is 0. The Bertz CT molecular complexity index is 1170. The minimum atomic E-state index is -0.325. The molecule has 7 heteroatoms. The fraction of sp³-hybridized carbons (Fsp3) is 0.125. The number of aryl methyl sites for hydroxylation is 1. The maximum atomic E-state index is 13.5. The summed E-state index contributed by atoms with van der Waals surface area (Å²) in [7, 11) is 1.78. The molecule has 31 heavy (non-hydrogen) atoms. The van der Waals surface area contributed by atoms with E-state index in [1.54, 1.807) is 36.3 Å². The Labute approximate surface area is 179 Å². The lowest BCUT2D eigenvalue weighted by molar-refractivity contribution is -0.106. The van der Waals surface area contributed by atoms with E-state index in [2.05, 4.69) is 10.1 Å². The van der Waals surface area contributed by atoms with Crippen molar-refractivity contribution in [2.45, 2.75) is 6.92 Å². The van der Waals surface area contributed by atoms with Crippen molar-refractivity contribution < 1.29 is 13.9 Å². The Kier molecular flexibility index (Phi) is 5.75. The molecule has 2 aromatic heterocycles. The zero-order chi connectivity index (χ0) is 21.8. The number of anilines is 2. The van der Waals surface area contributed by atoms with Crippen LogP contribution in [0.25, 0.3) is 22.4 Å². The predicted molar refractivity (Wildman–Crippen MR) is 118 cm³/mol. The van der Waals surface area contributed by atoms with Crippen LogP contribution >= 0.6 is 0 Å². The minimum Gasteiger partial charge on any atom is -0.494 e. The molecule has 0 radical (unpaired) electrons. The van der Waals surface area contributed by atoms with Crippen LogP contribution in [0.1, 0.15) is 6.92 Å². The number of rotatable bonds is 7. The maximum absolute atomic E-state index is 13.5. The topological polar surface area (TPSA) is 60.2 Å². The van der Waals surface area contributed by atoms with Crippen LogP contribution < -0.4 is 9.64 Å². The number of pyridine rings is 1. The molecule has 0 aliphatic heterocycles. The van der Waals surface area contributed by atoms with Gasteiger partial charge in [0.25, 0.3) is 0 Å². The highest BCUT2D eigenvalue weighted by molar-refractivity contribution is 5.97. The highest BCUT2D eigenvalue weighted by Crippen LogP contribution is 2.41. The molecule has 4 aromatic rings. The number of nitrogens with zero attached hydrogens (tertiary/aromatic N) is 4. The molecule has 0 aliphatic carbocycles. The summed E-state index contributed by atoms with van der Waals surface area (Å²) in [4.78, 5) is 17.9. The first kappa shape index (κ1) is 20.3. The lowest BCUT2D eigenvalue weighted by Gasteiger charge is -2.20. The fourth-order valence-electron chi connectivity index (χ4n) is 3.49. The van der Waals surface area contributed by atoms with Crippen LogP contribution in [-0.4, -0.2) is 27.8 Å². The third-order valence-corrected chi connectivity index (χ3v) is 4.86. The van der Waals surface area contributed by atoms with E-state index in [4.69, 9.17) is 4.74 Å². The quantitative estimate of drug-likeness (QED) is 0.399. The van der Waals surface area contributed by atoms with Gasteiger partial charge in [-0.05, 0) is 73.2 Å². The molecule has 0 atom stereocenters. The van der Waals surface area contributed by atoms with E-state index in [9.17, 15) is 9.18 Å². The van der Waals surface area contributed by atoms with E-state index < -0.39 is 0 Å². The number of benzene rings is 2. The van der Waals surface area contributed by atoms with Crippen molar-refractivity contribution in [3.8, 4) is 28.1 Å². The van der Waals surface area contributed by atoms with Crippen molar-refractivity contribution in [3.63, 3.8) is 0 Å². The maximum Gasteiger partial charge on any atom is 0.219 e. The smallest absolute Gasteiger partial charge is 0.219 e. The monoisotopic (exact) mass is 416 g/mol. The van der Waals surface area contributed by atoms with Crippen LogP contribution in [0, 0.1) is 5.82 Å². The van der Waals surface area contributed by atoms with Crippen molar-refractivity contribution >= 4 is 17.9 Å². The number of hydrogen-bond acceptors (Lipinski definition) is 4. The Hall–Kier alpha value is -4.00. The molecule has 0 spiro atoms. The van der Waals surface area contributed by atoms with Crippen molar-refractivity contribution in [1.29, 1.82) is 0 Å². The molecule has 0 fully saturated rings. The first-order valence-electron chi connectivity index (χ1n) is 9.83. The second kappa shape index (κ2) is 8.79. The van der Waals surface area contributed by atoms with Gasteiger partial charge in [-0.3, -0.25) is 19.4 Å². The van der Waals surface area contributed by atoms with Gasteiger partial charge in [0.1, 0.15) is 23.1 Å². The Morgan fingerprint density at radius 2 is 1.68 bits per heavy atom. The summed E-state index contributed by atoms with van der Waals surface area (Å²) in [6, 6.07) is 17.1. The highest BCUT2D eigenvalue weighted by Gasteiger charge is 2.24. The van der Waals surface area contributed by atoms with Crippen molar-refractivity contribution in [3.05, 3.63) is 78.9 Å². The Balaban J connectivity index is 1.90. The summed E-state index contributed by atoms with van der Waals surface area (Å²) < 4.78 is 20.7. The molecule has 0 bridgehead atoms. The molecule has 1 amide bonds. The molecule has 156 valence electrons. The average molecular weight is 416 g/mol. The van der Waals surface area contributed by atoms with Gasteiger partial charge in [-0.25, -0.2) is 4.39 Å². The van der Waals surface area contributed by atoms with Crippen LogP contribution in [-0.2, 0) is 11.8 Å².